The van der Waals surface area contributed by atoms with Crippen LogP contribution in [0.1, 0.15) is 21.7 Å². The molecule has 20 heavy (non-hydrogen) atoms. The molecule has 1 N–H and O–H groups in total. The van der Waals surface area contributed by atoms with Crippen LogP contribution in [0.3, 0.4) is 0 Å². The van der Waals surface area contributed by atoms with E-state index in [0.717, 1.165) is 16.7 Å². The molecule has 0 unspecified atom stereocenters. The summed E-state index contributed by atoms with van der Waals surface area (Å²) < 4.78 is 1.50. The van der Waals surface area contributed by atoms with Crippen LogP contribution in [0, 0.1) is 13.8 Å². The second-order valence-electron chi connectivity index (χ2n) is 4.72. The first-order valence-corrected chi connectivity index (χ1v) is 6.22. The van der Waals surface area contributed by atoms with Crippen molar-refractivity contribution in [2.75, 3.05) is 0 Å². The summed E-state index contributed by atoms with van der Waals surface area (Å²) in [5, 5.41) is 9.26. The third-order valence-electron chi connectivity index (χ3n) is 3.24. The Labute approximate surface area is 115 Å². The number of carbonyl (C=O) groups is 1. The molecule has 0 amide bonds. The molecular weight excluding hydrogens is 254 g/mol. The Morgan fingerprint density at radius 3 is 2.85 bits per heavy atom. The summed E-state index contributed by atoms with van der Waals surface area (Å²) in [5.41, 5.74) is 4.20. The van der Waals surface area contributed by atoms with E-state index in [1.807, 2.05) is 32.0 Å². The number of hydrogen-bond acceptors (Lipinski definition) is 3. The number of fused-ring (bicyclic) bond motifs is 1. The van der Waals surface area contributed by atoms with Gasteiger partial charge >= 0.3 is 5.97 Å². The van der Waals surface area contributed by atoms with E-state index in [0.29, 0.717) is 11.3 Å². The van der Waals surface area contributed by atoms with Gasteiger partial charge in [0.25, 0.3) is 0 Å². The van der Waals surface area contributed by atoms with E-state index in [1.54, 1.807) is 18.5 Å². The molecule has 5 heteroatoms. The molecular formula is C15H13N3O2. The Morgan fingerprint density at radius 2 is 2.10 bits per heavy atom. The third kappa shape index (κ3) is 1.84. The molecule has 0 aliphatic heterocycles. The minimum absolute atomic E-state index is 0.0241. The number of aromatic nitrogens is 3. The Balaban J connectivity index is 2.37. The lowest BCUT2D eigenvalue weighted by Crippen LogP contribution is -2.03. The van der Waals surface area contributed by atoms with Gasteiger partial charge < -0.3 is 5.11 Å². The number of rotatable bonds is 2. The van der Waals surface area contributed by atoms with E-state index >= 15 is 0 Å². The molecule has 1 aromatic carbocycles. The number of aryl methyl sites for hydroxylation is 2. The van der Waals surface area contributed by atoms with Crippen LogP contribution in [-0.2, 0) is 0 Å². The Morgan fingerprint density at radius 1 is 1.30 bits per heavy atom. The number of imidazole rings is 1. The molecule has 0 saturated heterocycles. The highest BCUT2D eigenvalue weighted by atomic mass is 16.4. The van der Waals surface area contributed by atoms with Crippen LogP contribution in [0.5, 0.6) is 0 Å². The number of carboxylic acids is 1. The molecule has 5 nitrogen and oxygen atoms in total. The lowest BCUT2D eigenvalue weighted by Gasteiger charge is -2.04. The molecule has 2 heterocycles. The van der Waals surface area contributed by atoms with Gasteiger partial charge in [-0.05, 0) is 31.5 Å². The monoisotopic (exact) mass is 267 g/mol. The van der Waals surface area contributed by atoms with Crippen molar-refractivity contribution in [3.63, 3.8) is 0 Å². The summed E-state index contributed by atoms with van der Waals surface area (Å²) in [6.45, 7) is 3.97. The fourth-order valence-electron chi connectivity index (χ4n) is 2.25. The van der Waals surface area contributed by atoms with E-state index in [2.05, 4.69) is 9.97 Å². The topological polar surface area (TPSA) is 67.5 Å². The summed E-state index contributed by atoms with van der Waals surface area (Å²) >= 11 is 0. The standard InChI is InChI=1S/C15H13N3O2/c1-9-4-5-10(2)11(8-9)12-13-16-6-3-7-18(13)14(17-12)15(19)20/h3-8H,1-2H3,(H,19,20). The average Bonchev–Trinajstić information content (AvgIpc) is 2.81. The molecule has 100 valence electrons. The van der Waals surface area contributed by atoms with Gasteiger partial charge in [-0.3, -0.25) is 4.40 Å². The summed E-state index contributed by atoms with van der Waals surface area (Å²) in [5.74, 6) is -1.09. The van der Waals surface area contributed by atoms with Crippen LogP contribution >= 0.6 is 0 Å². The summed E-state index contributed by atoms with van der Waals surface area (Å²) in [7, 11) is 0. The van der Waals surface area contributed by atoms with Crippen LogP contribution in [0.25, 0.3) is 16.9 Å². The minimum atomic E-state index is -1.07. The zero-order chi connectivity index (χ0) is 14.3. The lowest BCUT2D eigenvalue weighted by atomic mass is 10.0. The molecule has 2 aromatic heterocycles. The van der Waals surface area contributed by atoms with Crippen LogP contribution in [-0.4, -0.2) is 25.4 Å². The van der Waals surface area contributed by atoms with Gasteiger partial charge in [-0.15, -0.1) is 0 Å². The zero-order valence-corrected chi connectivity index (χ0v) is 11.2. The first-order chi connectivity index (χ1) is 9.58. The molecule has 0 bridgehead atoms. The number of hydrogen-bond donors (Lipinski definition) is 1. The second kappa shape index (κ2) is 4.45. The number of carboxylic acid groups (broad SMARTS) is 1. The van der Waals surface area contributed by atoms with Crippen molar-refractivity contribution in [2.45, 2.75) is 13.8 Å². The molecule has 3 aromatic rings. The normalized spacial score (nSPS) is 10.9. The van der Waals surface area contributed by atoms with E-state index in [9.17, 15) is 9.90 Å². The van der Waals surface area contributed by atoms with E-state index in [1.165, 1.54) is 4.40 Å². The van der Waals surface area contributed by atoms with Gasteiger partial charge in [-0.1, -0.05) is 17.7 Å². The molecule has 0 aliphatic carbocycles. The number of aromatic carboxylic acids is 1. The number of benzene rings is 1. The molecule has 3 rings (SSSR count). The first kappa shape index (κ1) is 12.3. The van der Waals surface area contributed by atoms with Gasteiger partial charge in [-0.25, -0.2) is 14.8 Å². The Kier molecular flexibility index (Phi) is 2.75. The van der Waals surface area contributed by atoms with Crippen LogP contribution in [0.4, 0.5) is 0 Å². The fourth-order valence-corrected chi connectivity index (χ4v) is 2.25. The second-order valence-corrected chi connectivity index (χ2v) is 4.72. The maximum absolute atomic E-state index is 11.3. The molecule has 0 radical (unpaired) electrons. The van der Waals surface area contributed by atoms with Gasteiger partial charge in [0.05, 0.1) is 0 Å². The maximum atomic E-state index is 11.3. The van der Waals surface area contributed by atoms with Crippen molar-refractivity contribution < 1.29 is 9.90 Å². The lowest BCUT2D eigenvalue weighted by molar-refractivity contribution is 0.0683. The molecule has 0 aliphatic rings. The van der Waals surface area contributed by atoms with Gasteiger partial charge in [0.2, 0.25) is 5.82 Å². The molecule has 0 atom stereocenters. The average molecular weight is 267 g/mol. The fraction of sp³-hybridized carbons (Fsp3) is 0.133. The van der Waals surface area contributed by atoms with E-state index in [-0.39, 0.29) is 5.82 Å². The van der Waals surface area contributed by atoms with Crippen LogP contribution < -0.4 is 0 Å². The van der Waals surface area contributed by atoms with Crippen molar-refractivity contribution in [1.29, 1.82) is 0 Å². The highest BCUT2D eigenvalue weighted by Crippen LogP contribution is 2.27. The van der Waals surface area contributed by atoms with Crippen molar-refractivity contribution in [3.8, 4) is 11.3 Å². The smallest absolute Gasteiger partial charge is 0.372 e. The van der Waals surface area contributed by atoms with Crippen molar-refractivity contribution >= 4 is 11.6 Å². The van der Waals surface area contributed by atoms with E-state index in [4.69, 9.17) is 0 Å². The van der Waals surface area contributed by atoms with Crippen molar-refractivity contribution in [3.05, 3.63) is 53.6 Å². The molecule has 0 saturated carbocycles. The van der Waals surface area contributed by atoms with Crippen molar-refractivity contribution in [2.24, 2.45) is 0 Å². The molecule has 0 fully saturated rings. The minimum Gasteiger partial charge on any atom is -0.475 e. The van der Waals surface area contributed by atoms with Crippen LogP contribution in [0.15, 0.2) is 36.7 Å². The SMILES string of the molecule is Cc1ccc(C)c(-c2nc(C(=O)O)n3cccnc23)c1. The van der Waals surface area contributed by atoms with Gasteiger partial charge in [0.15, 0.2) is 5.65 Å². The number of nitrogens with zero attached hydrogens (tertiary/aromatic N) is 3. The quantitative estimate of drug-likeness (QED) is 0.775. The maximum Gasteiger partial charge on any atom is 0.372 e. The van der Waals surface area contributed by atoms with E-state index < -0.39 is 5.97 Å². The predicted octanol–water partition coefficient (Wildman–Crippen LogP) is 2.71. The van der Waals surface area contributed by atoms with Gasteiger partial charge in [0, 0.05) is 18.0 Å². The third-order valence-corrected chi connectivity index (χ3v) is 3.24. The van der Waals surface area contributed by atoms with Crippen LogP contribution in [0.2, 0.25) is 0 Å². The largest absolute Gasteiger partial charge is 0.475 e. The zero-order valence-electron chi connectivity index (χ0n) is 11.2. The highest BCUT2D eigenvalue weighted by Gasteiger charge is 2.19. The first-order valence-electron chi connectivity index (χ1n) is 6.22. The predicted molar refractivity (Wildman–Crippen MR) is 74.9 cm³/mol. The van der Waals surface area contributed by atoms with Gasteiger partial charge in [-0.2, -0.15) is 0 Å². The summed E-state index contributed by atoms with van der Waals surface area (Å²) in [4.78, 5) is 19.8. The summed E-state index contributed by atoms with van der Waals surface area (Å²) in [6, 6.07) is 7.70. The Hall–Kier alpha value is -2.69. The Bertz CT molecular complexity index is 821. The van der Waals surface area contributed by atoms with Gasteiger partial charge in [0.1, 0.15) is 5.69 Å². The highest BCUT2D eigenvalue weighted by molar-refractivity contribution is 5.89. The molecule has 0 spiro atoms. The summed E-state index contributed by atoms with van der Waals surface area (Å²) in [6.07, 6.45) is 3.30. The van der Waals surface area contributed by atoms with Crippen molar-refractivity contribution in [1.82, 2.24) is 14.4 Å².